The van der Waals surface area contributed by atoms with E-state index in [0.29, 0.717) is 12.5 Å². The van der Waals surface area contributed by atoms with E-state index in [2.05, 4.69) is 36.1 Å². The van der Waals surface area contributed by atoms with Crippen molar-refractivity contribution in [2.75, 3.05) is 13.1 Å². The molecule has 0 unspecified atom stereocenters. The number of likely N-dealkylation sites (tertiary alicyclic amines) is 1. The minimum Gasteiger partial charge on any atom is -0.299 e. The molecule has 1 aliphatic heterocycles. The molecule has 1 aromatic heterocycles. The topological polar surface area (TPSA) is 47.2 Å². The summed E-state index contributed by atoms with van der Waals surface area (Å²) in [4.78, 5) is 26.4. The number of hydrogen-bond donors (Lipinski definition) is 0. The minimum absolute atomic E-state index is 0.230. The van der Waals surface area contributed by atoms with Gasteiger partial charge in [0.05, 0.1) is 0 Å². The van der Waals surface area contributed by atoms with Gasteiger partial charge in [-0.25, -0.2) is 4.79 Å². The monoisotopic (exact) mass is 341 g/mol. The van der Waals surface area contributed by atoms with Gasteiger partial charge in [-0.15, -0.1) is 0 Å². The molecule has 0 amide bonds. The predicted molar refractivity (Wildman–Crippen MR) is 99.8 cm³/mol. The highest BCUT2D eigenvalue weighted by Gasteiger charge is 2.21. The van der Waals surface area contributed by atoms with Crippen molar-refractivity contribution in [3.63, 3.8) is 0 Å². The molecule has 5 heteroatoms. The van der Waals surface area contributed by atoms with E-state index in [1.165, 1.54) is 24.6 Å². The highest BCUT2D eigenvalue weighted by Crippen LogP contribution is 2.22. The van der Waals surface area contributed by atoms with Crippen LogP contribution in [0.4, 0.5) is 0 Å². The Bertz CT molecular complexity index is 849. The molecule has 0 bridgehead atoms. The maximum absolute atomic E-state index is 12.1. The molecule has 0 saturated carbocycles. The third-order valence-electron chi connectivity index (χ3n) is 5.26. The van der Waals surface area contributed by atoms with Gasteiger partial charge in [0.1, 0.15) is 0 Å². The maximum Gasteiger partial charge on any atom is 0.330 e. The van der Waals surface area contributed by atoms with Crippen molar-refractivity contribution in [1.29, 1.82) is 0 Å². The van der Waals surface area contributed by atoms with Gasteiger partial charge >= 0.3 is 5.69 Å². The summed E-state index contributed by atoms with van der Waals surface area (Å²) in [5, 5.41) is 0. The van der Waals surface area contributed by atoms with Crippen LogP contribution in [-0.4, -0.2) is 27.1 Å². The molecule has 1 fully saturated rings. The summed E-state index contributed by atoms with van der Waals surface area (Å²) < 4.78 is 2.74. The van der Waals surface area contributed by atoms with Crippen molar-refractivity contribution < 1.29 is 0 Å². The Morgan fingerprint density at radius 3 is 2.52 bits per heavy atom. The molecule has 3 rings (SSSR count). The fourth-order valence-electron chi connectivity index (χ4n) is 3.68. The van der Waals surface area contributed by atoms with E-state index in [-0.39, 0.29) is 11.2 Å². The number of nitrogens with zero attached hydrogens (tertiary/aromatic N) is 3. The van der Waals surface area contributed by atoms with Crippen LogP contribution in [0.5, 0.6) is 0 Å². The van der Waals surface area contributed by atoms with Crippen molar-refractivity contribution in [2.24, 2.45) is 20.0 Å². The summed E-state index contributed by atoms with van der Waals surface area (Å²) in [5.74, 6) is 0.625. The van der Waals surface area contributed by atoms with E-state index < -0.39 is 0 Å². The van der Waals surface area contributed by atoms with Gasteiger partial charge in [0.15, 0.2) is 0 Å². The smallest absolute Gasteiger partial charge is 0.299 e. The molecule has 1 aliphatic rings. The van der Waals surface area contributed by atoms with Crippen LogP contribution in [0.3, 0.4) is 0 Å². The second kappa shape index (κ2) is 7.40. The van der Waals surface area contributed by atoms with Crippen molar-refractivity contribution in [3.05, 3.63) is 68.0 Å². The largest absolute Gasteiger partial charge is 0.330 e. The number of piperidine rings is 1. The predicted octanol–water partition coefficient (Wildman–Crippen LogP) is 1.85. The zero-order valence-electron chi connectivity index (χ0n) is 15.4. The van der Waals surface area contributed by atoms with Gasteiger partial charge in [0, 0.05) is 38.9 Å². The number of aryl methyl sites for hydroxylation is 1. The molecule has 134 valence electrons. The zero-order chi connectivity index (χ0) is 18.0. The summed E-state index contributed by atoms with van der Waals surface area (Å²) in [5.41, 5.74) is 2.99. The molecular weight excluding hydrogens is 314 g/mol. The van der Waals surface area contributed by atoms with Crippen LogP contribution in [0.2, 0.25) is 0 Å². The van der Waals surface area contributed by atoms with Gasteiger partial charge in [-0.2, -0.15) is 0 Å². The van der Waals surface area contributed by atoms with Crippen LogP contribution < -0.4 is 11.2 Å². The molecule has 2 heterocycles. The zero-order valence-corrected chi connectivity index (χ0v) is 15.4. The lowest BCUT2D eigenvalue weighted by Gasteiger charge is -2.33. The fourth-order valence-corrected chi connectivity index (χ4v) is 3.68. The van der Waals surface area contributed by atoms with E-state index >= 15 is 0 Å². The Morgan fingerprint density at radius 2 is 1.80 bits per heavy atom. The Hall–Kier alpha value is -2.14. The second-order valence-corrected chi connectivity index (χ2v) is 7.31. The maximum atomic E-state index is 12.1. The summed E-state index contributed by atoms with van der Waals surface area (Å²) in [6, 6.07) is 10.4. The van der Waals surface area contributed by atoms with E-state index in [4.69, 9.17) is 0 Å². The summed E-state index contributed by atoms with van der Waals surface area (Å²) in [6.07, 6.45) is 3.49. The third kappa shape index (κ3) is 4.10. The van der Waals surface area contributed by atoms with Crippen LogP contribution in [0.1, 0.15) is 29.7 Å². The molecule has 2 aromatic rings. The quantitative estimate of drug-likeness (QED) is 0.853. The molecule has 0 aliphatic carbocycles. The average Bonchev–Trinajstić information content (AvgIpc) is 2.60. The van der Waals surface area contributed by atoms with Crippen molar-refractivity contribution in [3.8, 4) is 0 Å². The molecular formula is C20H27N3O2. The SMILES string of the molecule is Cc1ccc(C[C@@H]2CCCN(Cc3cc(=O)n(C)c(=O)n3C)C2)cc1. The van der Waals surface area contributed by atoms with Crippen LogP contribution in [0, 0.1) is 12.8 Å². The van der Waals surface area contributed by atoms with Gasteiger partial charge in [-0.1, -0.05) is 29.8 Å². The lowest BCUT2D eigenvalue weighted by Crippen LogP contribution is -2.41. The summed E-state index contributed by atoms with van der Waals surface area (Å²) in [7, 11) is 3.26. The third-order valence-corrected chi connectivity index (χ3v) is 5.26. The standard InChI is InChI=1S/C20H27N3O2/c1-15-6-8-16(9-7-15)11-17-5-4-10-23(13-17)14-18-12-19(24)22(3)20(25)21(18)2/h6-9,12,17H,4-5,10-11,13-14H2,1-3H3/t17-/m0/s1. The lowest BCUT2D eigenvalue weighted by atomic mass is 9.91. The van der Waals surface area contributed by atoms with Crippen LogP contribution in [-0.2, 0) is 27.1 Å². The van der Waals surface area contributed by atoms with Crippen LogP contribution in [0.15, 0.2) is 39.9 Å². The number of hydrogen-bond acceptors (Lipinski definition) is 3. The van der Waals surface area contributed by atoms with E-state index in [9.17, 15) is 9.59 Å². The normalized spacial score (nSPS) is 18.4. The summed E-state index contributed by atoms with van der Waals surface area (Å²) >= 11 is 0. The number of rotatable bonds is 4. The molecule has 1 atom stereocenters. The van der Waals surface area contributed by atoms with Gasteiger partial charge in [0.2, 0.25) is 0 Å². The summed E-state index contributed by atoms with van der Waals surface area (Å²) in [6.45, 7) is 4.80. The number of aromatic nitrogens is 2. The Morgan fingerprint density at radius 1 is 1.08 bits per heavy atom. The van der Waals surface area contributed by atoms with E-state index in [0.717, 1.165) is 36.2 Å². The van der Waals surface area contributed by atoms with Crippen LogP contribution >= 0.6 is 0 Å². The van der Waals surface area contributed by atoms with Gasteiger partial charge < -0.3 is 0 Å². The fraction of sp³-hybridized carbons (Fsp3) is 0.500. The van der Waals surface area contributed by atoms with E-state index in [1.54, 1.807) is 17.7 Å². The van der Waals surface area contributed by atoms with Crippen molar-refractivity contribution in [2.45, 2.75) is 32.7 Å². The first-order valence-electron chi connectivity index (χ1n) is 8.98. The van der Waals surface area contributed by atoms with Gasteiger partial charge in [-0.3, -0.25) is 18.8 Å². The molecule has 0 N–H and O–H groups in total. The minimum atomic E-state index is -0.254. The lowest BCUT2D eigenvalue weighted by molar-refractivity contribution is 0.163. The molecule has 1 saturated heterocycles. The Balaban J connectivity index is 1.69. The molecule has 0 spiro atoms. The van der Waals surface area contributed by atoms with Gasteiger partial charge in [-0.05, 0) is 44.2 Å². The first kappa shape index (κ1) is 17.7. The highest BCUT2D eigenvalue weighted by molar-refractivity contribution is 5.21. The average molecular weight is 341 g/mol. The van der Waals surface area contributed by atoms with Crippen molar-refractivity contribution >= 4 is 0 Å². The molecule has 1 aromatic carbocycles. The Kier molecular flexibility index (Phi) is 5.23. The molecule has 0 radical (unpaired) electrons. The van der Waals surface area contributed by atoms with Crippen molar-refractivity contribution in [1.82, 2.24) is 14.0 Å². The highest BCUT2D eigenvalue weighted by atomic mass is 16.2. The van der Waals surface area contributed by atoms with Crippen LogP contribution in [0.25, 0.3) is 0 Å². The second-order valence-electron chi connectivity index (χ2n) is 7.31. The number of benzene rings is 1. The van der Waals surface area contributed by atoms with Gasteiger partial charge in [0.25, 0.3) is 5.56 Å². The molecule has 25 heavy (non-hydrogen) atoms. The molecule has 5 nitrogen and oxygen atoms in total. The first-order chi connectivity index (χ1) is 11.9. The van der Waals surface area contributed by atoms with E-state index in [1.807, 2.05) is 0 Å². The Labute approximate surface area is 148 Å². The first-order valence-corrected chi connectivity index (χ1v) is 8.98.